The van der Waals surface area contributed by atoms with Gasteiger partial charge in [-0.25, -0.2) is 0 Å². The summed E-state index contributed by atoms with van der Waals surface area (Å²) >= 11 is 0. The van der Waals surface area contributed by atoms with Crippen LogP contribution < -0.4 is 5.73 Å². The van der Waals surface area contributed by atoms with Crippen LogP contribution in [0.25, 0.3) is 0 Å². The van der Waals surface area contributed by atoms with Crippen molar-refractivity contribution >= 4 is 11.5 Å². The molecule has 0 spiro atoms. The number of ether oxygens (including phenoxy) is 1. The molecule has 1 aromatic carbocycles. The SMILES string of the molecule is Nc1ccccc1C(=O)C12OOC1(O)O2. The summed E-state index contributed by atoms with van der Waals surface area (Å²) in [7, 11) is 0. The van der Waals surface area contributed by atoms with E-state index in [1.54, 1.807) is 18.2 Å². The van der Waals surface area contributed by atoms with E-state index in [1.165, 1.54) is 6.07 Å². The van der Waals surface area contributed by atoms with Crippen LogP contribution in [0.1, 0.15) is 10.4 Å². The number of nitrogens with two attached hydrogens (primary N) is 1. The third kappa shape index (κ3) is 0.889. The molecule has 3 rings (SSSR count). The summed E-state index contributed by atoms with van der Waals surface area (Å²) in [6.07, 6.45) is 0. The summed E-state index contributed by atoms with van der Waals surface area (Å²) in [6, 6.07) is 6.45. The monoisotopic (exact) mass is 209 g/mol. The molecule has 2 aliphatic heterocycles. The quantitative estimate of drug-likeness (QED) is 0.303. The molecule has 0 radical (unpaired) electrons. The number of ketones is 1. The van der Waals surface area contributed by atoms with Crippen molar-refractivity contribution in [3.8, 4) is 0 Å². The Morgan fingerprint density at radius 2 is 2.07 bits per heavy atom. The molecule has 0 aromatic heterocycles. The summed E-state index contributed by atoms with van der Waals surface area (Å²) in [5.74, 6) is -4.18. The largest absolute Gasteiger partial charge is 0.398 e. The zero-order valence-corrected chi connectivity index (χ0v) is 7.47. The van der Waals surface area contributed by atoms with Gasteiger partial charge in [0.05, 0.1) is 0 Å². The predicted molar refractivity (Wildman–Crippen MR) is 46.1 cm³/mol. The molecule has 78 valence electrons. The molecule has 0 aliphatic carbocycles. The molecule has 0 amide bonds. The number of carbonyl (C=O) groups excluding carboxylic acids is 1. The predicted octanol–water partition coefficient (Wildman–Crippen LogP) is -0.214. The maximum Gasteiger partial charge on any atom is 0.380 e. The molecule has 3 N–H and O–H groups in total. The molecule has 6 heteroatoms. The van der Waals surface area contributed by atoms with Crippen molar-refractivity contribution in [3.05, 3.63) is 29.8 Å². The van der Waals surface area contributed by atoms with Crippen molar-refractivity contribution in [2.24, 2.45) is 0 Å². The van der Waals surface area contributed by atoms with E-state index in [1.807, 2.05) is 0 Å². The van der Waals surface area contributed by atoms with Crippen LogP contribution in [0.15, 0.2) is 24.3 Å². The Bertz CT molecular complexity index is 462. The third-order valence-electron chi connectivity index (χ3n) is 2.43. The van der Waals surface area contributed by atoms with Gasteiger partial charge in [-0.1, -0.05) is 12.1 Å². The number of fused-ring (bicyclic) bond motifs is 1. The Labute approximate surface area is 84.1 Å². The number of hydrogen-bond donors (Lipinski definition) is 2. The van der Waals surface area contributed by atoms with Crippen LogP contribution >= 0.6 is 0 Å². The van der Waals surface area contributed by atoms with Crippen LogP contribution in [-0.2, 0) is 14.5 Å². The number of Topliss-reactive ketones (excluding diaryl/α,β-unsaturated/α-hetero) is 1. The van der Waals surface area contributed by atoms with Crippen molar-refractivity contribution in [2.75, 3.05) is 5.73 Å². The van der Waals surface area contributed by atoms with E-state index in [0.717, 1.165) is 0 Å². The van der Waals surface area contributed by atoms with Crippen molar-refractivity contribution in [2.45, 2.75) is 11.8 Å². The number of anilines is 1. The number of rotatable bonds is 2. The van der Waals surface area contributed by atoms with Crippen LogP contribution in [0.5, 0.6) is 0 Å². The highest BCUT2D eigenvalue weighted by Crippen LogP contribution is 2.58. The van der Waals surface area contributed by atoms with Crippen LogP contribution in [-0.4, -0.2) is 22.7 Å². The van der Waals surface area contributed by atoms with Gasteiger partial charge in [0.1, 0.15) is 0 Å². The third-order valence-corrected chi connectivity index (χ3v) is 2.43. The highest BCUT2D eigenvalue weighted by molar-refractivity contribution is 6.07. The average molecular weight is 209 g/mol. The number of epoxide rings is 1. The molecule has 2 atom stereocenters. The fraction of sp³-hybridized carbons (Fsp3) is 0.222. The molecule has 2 unspecified atom stereocenters. The summed E-state index contributed by atoms with van der Waals surface area (Å²) in [4.78, 5) is 20.6. The molecule has 2 saturated heterocycles. The van der Waals surface area contributed by atoms with Crippen molar-refractivity contribution < 1.29 is 24.4 Å². The zero-order chi connectivity index (χ0) is 10.7. The lowest BCUT2D eigenvalue weighted by Crippen LogP contribution is -2.48. The topological polar surface area (TPSA) is 94.3 Å². The van der Waals surface area contributed by atoms with E-state index < -0.39 is 17.5 Å². The molecule has 2 fully saturated rings. The van der Waals surface area contributed by atoms with Crippen LogP contribution in [0.2, 0.25) is 0 Å². The number of para-hydroxylation sites is 1. The number of hydrogen-bond acceptors (Lipinski definition) is 6. The van der Waals surface area contributed by atoms with Gasteiger partial charge in [0.25, 0.3) is 0 Å². The van der Waals surface area contributed by atoms with Crippen molar-refractivity contribution in [1.82, 2.24) is 0 Å². The smallest absolute Gasteiger partial charge is 0.380 e. The normalized spacial score (nSPS) is 36.6. The van der Waals surface area contributed by atoms with Crippen molar-refractivity contribution in [3.63, 3.8) is 0 Å². The van der Waals surface area contributed by atoms with Gasteiger partial charge in [-0.15, -0.1) is 0 Å². The lowest BCUT2D eigenvalue weighted by molar-refractivity contribution is -0.499. The molecule has 0 saturated carbocycles. The first-order valence-corrected chi connectivity index (χ1v) is 4.28. The zero-order valence-electron chi connectivity index (χ0n) is 7.47. The van der Waals surface area contributed by atoms with E-state index in [0.29, 0.717) is 5.69 Å². The van der Waals surface area contributed by atoms with Gasteiger partial charge in [0.15, 0.2) is 0 Å². The minimum absolute atomic E-state index is 0.233. The molecule has 6 nitrogen and oxygen atoms in total. The first kappa shape index (κ1) is 8.81. The molecule has 1 aromatic rings. The van der Waals surface area contributed by atoms with Gasteiger partial charge in [-0.05, 0) is 12.1 Å². The van der Waals surface area contributed by atoms with Gasteiger partial charge in [0.2, 0.25) is 5.78 Å². The van der Waals surface area contributed by atoms with Crippen LogP contribution in [0.3, 0.4) is 0 Å². The highest BCUT2D eigenvalue weighted by atomic mass is 17.4. The number of aliphatic hydroxyl groups is 1. The lowest BCUT2D eigenvalue weighted by Gasteiger charge is -2.21. The second-order valence-corrected chi connectivity index (χ2v) is 3.38. The maximum atomic E-state index is 11.8. The Morgan fingerprint density at radius 3 is 2.53 bits per heavy atom. The molecular formula is C9H7NO5. The summed E-state index contributed by atoms with van der Waals surface area (Å²) < 4.78 is 4.68. The van der Waals surface area contributed by atoms with Gasteiger partial charge in [0, 0.05) is 11.3 Å². The summed E-state index contributed by atoms with van der Waals surface area (Å²) in [5, 5.41) is 9.33. The van der Waals surface area contributed by atoms with E-state index in [4.69, 9.17) is 5.73 Å². The second-order valence-electron chi connectivity index (χ2n) is 3.38. The first-order chi connectivity index (χ1) is 7.09. The fourth-order valence-electron chi connectivity index (χ4n) is 1.50. The Morgan fingerprint density at radius 1 is 1.33 bits per heavy atom. The van der Waals surface area contributed by atoms with Crippen molar-refractivity contribution in [1.29, 1.82) is 0 Å². The molecule has 0 bridgehead atoms. The summed E-state index contributed by atoms with van der Waals surface area (Å²) in [6.45, 7) is 0. The molecule has 2 aliphatic rings. The van der Waals surface area contributed by atoms with Gasteiger partial charge in [-0.3, -0.25) is 9.53 Å². The second kappa shape index (κ2) is 2.37. The Balaban J connectivity index is 1.97. The van der Waals surface area contributed by atoms with Crippen LogP contribution in [0, 0.1) is 0 Å². The van der Waals surface area contributed by atoms with Gasteiger partial charge < -0.3 is 10.8 Å². The summed E-state index contributed by atoms with van der Waals surface area (Å²) in [5.41, 5.74) is 6.13. The van der Waals surface area contributed by atoms with E-state index in [2.05, 4.69) is 14.5 Å². The van der Waals surface area contributed by atoms with E-state index in [9.17, 15) is 9.90 Å². The maximum absolute atomic E-state index is 11.8. The number of benzene rings is 1. The first-order valence-electron chi connectivity index (χ1n) is 4.28. The Hall–Kier alpha value is -1.47. The van der Waals surface area contributed by atoms with E-state index >= 15 is 0 Å². The fourth-order valence-corrected chi connectivity index (χ4v) is 1.50. The minimum Gasteiger partial charge on any atom is -0.398 e. The molecule has 15 heavy (non-hydrogen) atoms. The van der Waals surface area contributed by atoms with Crippen LogP contribution in [0.4, 0.5) is 5.69 Å². The van der Waals surface area contributed by atoms with E-state index in [-0.39, 0.29) is 5.56 Å². The minimum atomic E-state index is -1.92. The standard InChI is InChI=1S/C9H7NO5/c10-6-4-2-1-3-5(6)7(11)8-9(12,13-8)15-14-8/h1-4,12H,10H2. The molecular weight excluding hydrogens is 202 g/mol. The lowest BCUT2D eigenvalue weighted by atomic mass is 10.0. The van der Waals surface area contributed by atoms with Gasteiger partial charge in [-0.2, -0.15) is 9.78 Å². The number of nitrogen functional groups attached to an aromatic ring is 1. The number of carbonyl (C=O) groups is 1. The van der Waals surface area contributed by atoms with Gasteiger partial charge >= 0.3 is 11.8 Å². The molecule has 2 heterocycles. The average Bonchev–Trinajstić information content (AvgIpc) is 2.65. The Kier molecular flexibility index (Phi) is 1.39. The highest BCUT2D eigenvalue weighted by Gasteiger charge is 2.89.